The van der Waals surface area contributed by atoms with Crippen LogP contribution in [0.4, 0.5) is 10.5 Å². The maximum Gasteiger partial charge on any atom is 0.410 e. The van der Waals surface area contributed by atoms with Gasteiger partial charge in [-0.2, -0.15) is 0 Å². The standard InChI is InChI=1S/C19H24Cl2N2O11/c1-31-17(27)16-14(25)13(24)15(26)18(34-16)33-12-3-2-10(8-11(12)23(29)30)9-32-19(28)22(6-4-20)7-5-21/h2-3,8,13-16,18,24-26H,4-7,9H2,1H3/t13-,14-,15+,16-,18+/m0/s1. The number of nitrogens with zero attached hydrogens (tertiary/aromatic N) is 2. The summed E-state index contributed by atoms with van der Waals surface area (Å²) >= 11 is 11.3. The lowest BCUT2D eigenvalue weighted by atomic mass is 9.99. The molecule has 0 aliphatic carbocycles. The zero-order valence-corrected chi connectivity index (χ0v) is 19.4. The van der Waals surface area contributed by atoms with Crippen LogP contribution in [0.25, 0.3) is 0 Å². The first-order valence-corrected chi connectivity index (χ1v) is 11.0. The first-order valence-electron chi connectivity index (χ1n) is 9.89. The molecule has 190 valence electrons. The van der Waals surface area contributed by atoms with Crippen molar-refractivity contribution in [3.8, 4) is 5.75 Å². The summed E-state index contributed by atoms with van der Waals surface area (Å²) in [5, 5.41) is 41.6. The van der Waals surface area contributed by atoms with Crippen molar-refractivity contribution in [3.05, 3.63) is 33.9 Å². The largest absolute Gasteiger partial charge is 0.467 e. The molecular formula is C19H24Cl2N2O11. The fourth-order valence-electron chi connectivity index (χ4n) is 3.01. The molecule has 0 unspecified atom stereocenters. The molecule has 13 nitrogen and oxygen atoms in total. The van der Waals surface area contributed by atoms with Gasteiger partial charge in [-0.15, -0.1) is 23.2 Å². The van der Waals surface area contributed by atoms with E-state index in [4.69, 9.17) is 37.4 Å². The topological polar surface area (TPSA) is 178 Å². The van der Waals surface area contributed by atoms with Crippen LogP contribution in [0.1, 0.15) is 5.56 Å². The molecule has 34 heavy (non-hydrogen) atoms. The number of hydrogen-bond acceptors (Lipinski definition) is 11. The molecule has 2 rings (SSSR count). The van der Waals surface area contributed by atoms with Crippen molar-refractivity contribution in [1.82, 2.24) is 4.90 Å². The molecule has 1 aromatic rings. The van der Waals surface area contributed by atoms with E-state index in [2.05, 4.69) is 4.74 Å². The Kier molecular flexibility index (Phi) is 10.5. The average molecular weight is 527 g/mol. The summed E-state index contributed by atoms with van der Waals surface area (Å²) in [4.78, 5) is 36.0. The highest BCUT2D eigenvalue weighted by Gasteiger charge is 2.49. The molecule has 1 amide bonds. The van der Waals surface area contributed by atoms with E-state index in [9.17, 15) is 35.0 Å². The van der Waals surface area contributed by atoms with Gasteiger partial charge in [0, 0.05) is 30.9 Å². The quantitative estimate of drug-likeness (QED) is 0.166. The molecule has 15 heteroatoms. The first-order chi connectivity index (χ1) is 16.1. The predicted molar refractivity (Wildman–Crippen MR) is 116 cm³/mol. The van der Waals surface area contributed by atoms with Gasteiger partial charge in [0.2, 0.25) is 6.29 Å². The Labute approximate surface area is 203 Å². The Morgan fingerprint density at radius 1 is 1.15 bits per heavy atom. The van der Waals surface area contributed by atoms with Gasteiger partial charge in [0.05, 0.1) is 12.0 Å². The fourth-order valence-corrected chi connectivity index (χ4v) is 3.42. The minimum Gasteiger partial charge on any atom is -0.467 e. The number of nitro benzene ring substituents is 1. The number of esters is 1. The number of hydrogen-bond donors (Lipinski definition) is 3. The number of aliphatic hydroxyl groups is 3. The summed E-state index contributed by atoms with van der Waals surface area (Å²) in [7, 11) is 1.02. The first kappa shape index (κ1) is 27.8. The van der Waals surface area contributed by atoms with Gasteiger partial charge in [0.1, 0.15) is 24.9 Å². The Hall–Kier alpha value is -2.42. The van der Waals surface area contributed by atoms with Crippen LogP contribution in [0.2, 0.25) is 0 Å². The van der Waals surface area contributed by atoms with Crippen LogP contribution in [0.15, 0.2) is 18.2 Å². The molecule has 0 aromatic heterocycles. The number of halogens is 2. The maximum atomic E-state index is 12.2. The SMILES string of the molecule is COC(=O)[C@H]1O[C@@H](Oc2ccc(COC(=O)N(CCCl)CCCl)cc2[N+](=O)[O-])[C@H](O)[C@@H](O)[C@@H]1O. The lowest BCUT2D eigenvalue weighted by Gasteiger charge is -2.38. The maximum absolute atomic E-state index is 12.2. The molecule has 0 radical (unpaired) electrons. The number of rotatable bonds is 10. The lowest BCUT2D eigenvalue weighted by Crippen LogP contribution is -2.61. The minimum absolute atomic E-state index is 0.168. The summed E-state index contributed by atoms with van der Waals surface area (Å²) in [6, 6.07) is 3.60. The summed E-state index contributed by atoms with van der Waals surface area (Å²) in [5.41, 5.74) is -0.324. The molecule has 1 aliphatic heterocycles. The number of methoxy groups -OCH3 is 1. The van der Waals surface area contributed by atoms with E-state index in [1.165, 1.54) is 11.0 Å². The van der Waals surface area contributed by atoms with Crippen LogP contribution in [0.3, 0.4) is 0 Å². The molecule has 3 N–H and O–H groups in total. The number of benzene rings is 1. The van der Waals surface area contributed by atoms with Gasteiger partial charge in [0.25, 0.3) is 0 Å². The monoisotopic (exact) mass is 526 g/mol. The van der Waals surface area contributed by atoms with Gasteiger partial charge < -0.3 is 39.2 Å². The molecule has 0 saturated carbocycles. The second-order valence-corrected chi connectivity index (χ2v) is 7.77. The van der Waals surface area contributed by atoms with Crippen molar-refractivity contribution in [1.29, 1.82) is 0 Å². The van der Waals surface area contributed by atoms with Crippen molar-refractivity contribution < 1.29 is 48.8 Å². The minimum atomic E-state index is -1.86. The fraction of sp³-hybridized carbons (Fsp3) is 0.579. The second kappa shape index (κ2) is 12.9. The van der Waals surface area contributed by atoms with Crippen LogP contribution in [0, 0.1) is 10.1 Å². The summed E-state index contributed by atoms with van der Waals surface area (Å²) < 4.78 is 20.1. The van der Waals surface area contributed by atoms with E-state index < -0.39 is 53.4 Å². The van der Waals surface area contributed by atoms with Gasteiger partial charge in [-0.1, -0.05) is 6.07 Å². The average Bonchev–Trinajstić information content (AvgIpc) is 2.82. The lowest BCUT2D eigenvalue weighted by molar-refractivity contribution is -0.387. The van der Waals surface area contributed by atoms with Gasteiger partial charge >= 0.3 is 17.7 Å². The molecule has 1 aromatic carbocycles. The van der Waals surface area contributed by atoms with E-state index in [0.29, 0.717) is 0 Å². The summed E-state index contributed by atoms with van der Waals surface area (Å²) in [6.07, 6.45) is -9.66. The molecule has 0 spiro atoms. The number of carbonyl (C=O) groups excluding carboxylic acids is 2. The summed E-state index contributed by atoms with van der Waals surface area (Å²) in [6.45, 7) is 0.104. The molecule has 1 fully saturated rings. The highest BCUT2D eigenvalue weighted by Crippen LogP contribution is 2.32. The number of carbonyl (C=O) groups is 2. The zero-order valence-electron chi connectivity index (χ0n) is 17.9. The Morgan fingerprint density at radius 3 is 2.35 bits per heavy atom. The van der Waals surface area contributed by atoms with Crippen molar-refractivity contribution in [2.75, 3.05) is 32.0 Å². The Morgan fingerprint density at radius 2 is 1.79 bits per heavy atom. The smallest absolute Gasteiger partial charge is 0.410 e. The zero-order chi connectivity index (χ0) is 25.4. The van der Waals surface area contributed by atoms with Crippen molar-refractivity contribution in [2.45, 2.75) is 37.3 Å². The van der Waals surface area contributed by atoms with E-state index in [0.717, 1.165) is 19.2 Å². The molecule has 5 atom stereocenters. The van der Waals surface area contributed by atoms with Crippen molar-refractivity contribution >= 4 is 41.0 Å². The Bertz CT molecular complexity index is 869. The number of alkyl halides is 2. The molecule has 1 saturated heterocycles. The van der Waals surface area contributed by atoms with Gasteiger partial charge in [-0.25, -0.2) is 9.59 Å². The number of nitro groups is 1. The second-order valence-electron chi connectivity index (χ2n) is 7.02. The third-order valence-corrected chi connectivity index (χ3v) is 5.13. The predicted octanol–water partition coefficient (Wildman–Crippen LogP) is 0.370. The van der Waals surface area contributed by atoms with E-state index >= 15 is 0 Å². The van der Waals surface area contributed by atoms with Crippen molar-refractivity contribution in [2.24, 2.45) is 0 Å². The molecule has 1 aliphatic rings. The Balaban J connectivity index is 2.17. The van der Waals surface area contributed by atoms with Gasteiger partial charge in [-0.3, -0.25) is 10.1 Å². The third-order valence-electron chi connectivity index (χ3n) is 4.80. The van der Waals surface area contributed by atoms with Gasteiger partial charge in [-0.05, 0) is 11.6 Å². The number of aliphatic hydroxyl groups excluding tert-OH is 3. The highest BCUT2D eigenvalue weighted by molar-refractivity contribution is 6.18. The third kappa shape index (κ3) is 6.81. The van der Waals surface area contributed by atoms with Crippen LogP contribution in [0.5, 0.6) is 5.75 Å². The number of amides is 1. The van der Waals surface area contributed by atoms with E-state index in [-0.39, 0.29) is 42.8 Å². The normalized spacial score (nSPS) is 24.2. The van der Waals surface area contributed by atoms with E-state index in [1.807, 2.05) is 0 Å². The van der Waals surface area contributed by atoms with Crippen LogP contribution in [-0.4, -0.2) is 99.9 Å². The molecule has 1 heterocycles. The van der Waals surface area contributed by atoms with Crippen LogP contribution < -0.4 is 4.74 Å². The van der Waals surface area contributed by atoms with Crippen molar-refractivity contribution in [3.63, 3.8) is 0 Å². The van der Waals surface area contributed by atoms with Crippen LogP contribution >= 0.6 is 23.2 Å². The van der Waals surface area contributed by atoms with Gasteiger partial charge in [0.15, 0.2) is 11.9 Å². The molecular weight excluding hydrogens is 503 g/mol. The van der Waals surface area contributed by atoms with E-state index in [1.54, 1.807) is 0 Å². The molecule has 0 bridgehead atoms. The highest BCUT2D eigenvalue weighted by atomic mass is 35.5. The van der Waals surface area contributed by atoms with Crippen LogP contribution in [-0.2, 0) is 25.6 Å². The summed E-state index contributed by atoms with van der Waals surface area (Å²) in [5.74, 6) is -1.08. The number of ether oxygens (including phenoxy) is 4.